The maximum absolute atomic E-state index is 6.29. The lowest BCUT2D eigenvalue weighted by Crippen LogP contribution is -2.44. The monoisotopic (exact) mass is 331 g/mol. The molecule has 0 saturated carbocycles. The number of ether oxygens (including phenoxy) is 1. The van der Waals surface area contributed by atoms with Crippen molar-refractivity contribution in [2.24, 2.45) is 5.73 Å². The zero-order valence-electron chi connectivity index (χ0n) is 15.9. The number of benzene rings is 1. The van der Waals surface area contributed by atoms with Gasteiger partial charge in [-0.25, -0.2) is 0 Å². The third kappa shape index (κ3) is 2.96. The van der Waals surface area contributed by atoms with Gasteiger partial charge in [-0.1, -0.05) is 13.8 Å². The molecule has 2 aliphatic rings. The van der Waals surface area contributed by atoms with Crippen LogP contribution in [0.15, 0.2) is 6.07 Å². The van der Waals surface area contributed by atoms with Crippen molar-refractivity contribution in [3.8, 4) is 5.75 Å². The zero-order chi connectivity index (χ0) is 17.4. The van der Waals surface area contributed by atoms with Crippen molar-refractivity contribution >= 4 is 0 Å². The third-order valence-electron chi connectivity index (χ3n) is 5.96. The highest BCUT2D eigenvalue weighted by atomic mass is 16.5. The fourth-order valence-electron chi connectivity index (χ4n) is 4.65. The molecule has 4 nitrogen and oxygen atoms in total. The molecule has 1 atom stereocenters. The van der Waals surface area contributed by atoms with Crippen LogP contribution in [0.25, 0.3) is 0 Å². The van der Waals surface area contributed by atoms with Gasteiger partial charge in [-0.15, -0.1) is 0 Å². The van der Waals surface area contributed by atoms with Gasteiger partial charge in [-0.3, -0.25) is 4.90 Å². The van der Waals surface area contributed by atoms with Gasteiger partial charge in [0.25, 0.3) is 0 Å². The molecule has 1 fully saturated rings. The smallest absolute Gasteiger partial charge is 0.122 e. The van der Waals surface area contributed by atoms with Crippen molar-refractivity contribution in [3.63, 3.8) is 0 Å². The lowest BCUT2D eigenvalue weighted by molar-refractivity contribution is 0.0905. The van der Waals surface area contributed by atoms with Gasteiger partial charge in [0.05, 0.1) is 7.11 Å². The fraction of sp³-hybridized carbons (Fsp3) is 0.700. The van der Waals surface area contributed by atoms with E-state index in [9.17, 15) is 0 Å². The van der Waals surface area contributed by atoms with Crippen LogP contribution in [0.5, 0.6) is 5.75 Å². The van der Waals surface area contributed by atoms with E-state index in [0.717, 1.165) is 12.3 Å². The fourth-order valence-corrected chi connectivity index (χ4v) is 4.65. The summed E-state index contributed by atoms with van der Waals surface area (Å²) in [7, 11) is 4.01. The van der Waals surface area contributed by atoms with E-state index >= 15 is 0 Å². The maximum Gasteiger partial charge on any atom is 0.122 e. The van der Waals surface area contributed by atoms with Crippen LogP contribution in [0, 0.1) is 6.92 Å². The highest BCUT2D eigenvalue weighted by Crippen LogP contribution is 2.45. The molecule has 0 amide bonds. The van der Waals surface area contributed by atoms with Crippen LogP contribution in [0.3, 0.4) is 0 Å². The molecule has 1 saturated heterocycles. The first-order chi connectivity index (χ1) is 11.5. The average Bonchev–Trinajstić information content (AvgIpc) is 2.94. The third-order valence-corrected chi connectivity index (χ3v) is 5.96. The Morgan fingerprint density at radius 3 is 2.50 bits per heavy atom. The second-order valence-electron chi connectivity index (χ2n) is 7.81. The van der Waals surface area contributed by atoms with Gasteiger partial charge in [-0.2, -0.15) is 0 Å². The Kier molecular flexibility index (Phi) is 5.19. The summed E-state index contributed by atoms with van der Waals surface area (Å²) in [6.45, 7) is 10.9. The van der Waals surface area contributed by atoms with E-state index in [4.69, 9.17) is 10.5 Å². The molecule has 0 aliphatic carbocycles. The number of nitrogens with zero attached hydrogens (tertiary/aromatic N) is 2. The Hall–Kier alpha value is -1.10. The molecule has 134 valence electrons. The predicted octanol–water partition coefficient (Wildman–Crippen LogP) is 3.04. The minimum atomic E-state index is 0.333. The van der Waals surface area contributed by atoms with Gasteiger partial charge in [0.2, 0.25) is 0 Å². The van der Waals surface area contributed by atoms with Gasteiger partial charge in [0.15, 0.2) is 0 Å². The molecule has 24 heavy (non-hydrogen) atoms. The Morgan fingerprint density at radius 2 is 1.96 bits per heavy atom. The van der Waals surface area contributed by atoms with Gasteiger partial charge in [-0.05, 0) is 68.6 Å². The molecule has 1 aromatic rings. The van der Waals surface area contributed by atoms with Crippen LogP contribution in [-0.4, -0.2) is 49.6 Å². The molecule has 1 aromatic carbocycles. The van der Waals surface area contributed by atoms with Gasteiger partial charge in [0.1, 0.15) is 5.75 Å². The first-order valence-electron chi connectivity index (χ1n) is 9.32. The Balaban J connectivity index is 2.01. The van der Waals surface area contributed by atoms with Crippen molar-refractivity contribution < 1.29 is 4.74 Å². The zero-order valence-corrected chi connectivity index (χ0v) is 15.9. The Labute approximate surface area is 147 Å². The van der Waals surface area contributed by atoms with Crippen LogP contribution in [-0.2, 0) is 6.54 Å². The molecule has 2 N–H and O–H groups in total. The van der Waals surface area contributed by atoms with Gasteiger partial charge < -0.3 is 15.4 Å². The Bertz CT molecular complexity index is 591. The van der Waals surface area contributed by atoms with E-state index < -0.39 is 0 Å². The standard InChI is InChI=1S/C20H33N3O/c1-13(2)19-18(24-5)10-14(3)16-12-23(17(11-21)20(16)19)15-6-8-22(4)9-7-15/h10,13,15,17H,6-9,11-12,21H2,1-5H3. The molecule has 4 heteroatoms. The quantitative estimate of drug-likeness (QED) is 0.921. The first-order valence-corrected chi connectivity index (χ1v) is 9.32. The van der Waals surface area contributed by atoms with Crippen LogP contribution >= 0.6 is 0 Å². The number of aryl methyl sites for hydroxylation is 1. The van der Waals surface area contributed by atoms with Gasteiger partial charge in [0, 0.05) is 30.7 Å². The summed E-state index contributed by atoms with van der Waals surface area (Å²) in [5.41, 5.74) is 12.0. The number of hydrogen-bond donors (Lipinski definition) is 1. The predicted molar refractivity (Wildman–Crippen MR) is 99.7 cm³/mol. The molecule has 2 heterocycles. The summed E-state index contributed by atoms with van der Waals surface area (Å²) >= 11 is 0. The first kappa shape index (κ1) is 17.7. The van der Waals surface area contributed by atoms with Crippen molar-refractivity contribution in [3.05, 3.63) is 28.3 Å². The minimum Gasteiger partial charge on any atom is -0.496 e. The normalized spacial score (nSPS) is 23.0. The minimum absolute atomic E-state index is 0.333. The summed E-state index contributed by atoms with van der Waals surface area (Å²) < 4.78 is 5.73. The van der Waals surface area contributed by atoms with Gasteiger partial charge >= 0.3 is 0 Å². The van der Waals surface area contributed by atoms with E-state index in [1.165, 1.54) is 48.2 Å². The summed E-state index contributed by atoms with van der Waals surface area (Å²) in [5, 5.41) is 0. The molecule has 1 unspecified atom stereocenters. The number of nitrogens with two attached hydrogens (primary N) is 1. The van der Waals surface area contributed by atoms with E-state index in [1.54, 1.807) is 7.11 Å². The maximum atomic E-state index is 6.29. The van der Waals surface area contributed by atoms with Crippen molar-refractivity contribution in [2.45, 2.75) is 58.2 Å². The largest absolute Gasteiger partial charge is 0.496 e. The van der Waals surface area contributed by atoms with Crippen LogP contribution in [0.2, 0.25) is 0 Å². The summed E-state index contributed by atoms with van der Waals surface area (Å²) in [5.74, 6) is 1.48. The second-order valence-corrected chi connectivity index (χ2v) is 7.81. The number of hydrogen-bond acceptors (Lipinski definition) is 4. The second kappa shape index (κ2) is 7.03. The SMILES string of the molecule is COc1cc(C)c2c(c1C(C)C)C(CN)N(C1CCN(C)CC1)C2. The lowest BCUT2D eigenvalue weighted by Gasteiger charge is -2.38. The lowest BCUT2D eigenvalue weighted by atomic mass is 9.88. The topological polar surface area (TPSA) is 41.7 Å². The molecule has 2 aliphatic heterocycles. The molecule has 3 rings (SSSR count). The summed E-state index contributed by atoms with van der Waals surface area (Å²) in [4.78, 5) is 5.11. The molecule has 0 bridgehead atoms. The number of fused-ring (bicyclic) bond motifs is 1. The Morgan fingerprint density at radius 1 is 1.29 bits per heavy atom. The number of likely N-dealkylation sites (tertiary alicyclic amines) is 1. The van der Waals surface area contributed by atoms with E-state index in [2.05, 4.69) is 43.7 Å². The van der Waals surface area contributed by atoms with Crippen LogP contribution < -0.4 is 10.5 Å². The molecular formula is C20H33N3O. The molecular weight excluding hydrogens is 298 g/mol. The molecule has 0 radical (unpaired) electrons. The van der Waals surface area contributed by atoms with E-state index in [1.807, 2.05) is 0 Å². The van der Waals surface area contributed by atoms with E-state index in [0.29, 0.717) is 24.5 Å². The highest BCUT2D eigenvalue weighted by molar-refractivity contribution is 5.54. The van der Waals surface area contributed by atoms with Crippen LogP contribution in [0.4, 0.5) is 0 Å². The number of rotatable bonds is 4. The van der Waals surface area contributed by atoms with Crippen molar-refractivity contribution in [1.29, 1.82) is 0 Å². The average molecular weight is 332 g/mol. The number of methoxy groups -OCH3 is 1. The number of piperidine rings is 1. The molecule has 0 aromatic heterocycles. The van der Waals surface area contributed by atoms with Crippen molar-refractivity contribution in [2.75, 3.05) is 33.8 Å². The molecule has 0 spiro atoms. The van der Waals surface area contributed by atoms with Crippen LogP contribution in [0.1, 0.15) is 60.9 Å². The summed E-state index contributed by atoms with van der Waals surface area (Å²) in [6, 6.07) is 3.20. The summed E-state index contributed by atoms with van der Waals surface area (Å²) in [6.07, 6.45) is 2.49. The van der Waals surface area contributed by atoms with Crippen molar-refractivity contribution in [1.82, 2.24) is 9.80 Å². The highest BCUT2D eigenvalue weighted by Gasteiger charge is 2.38. The van der Waals surface area contributed by atoms with E-state index in [-0.39, 0.29) is 0 Å².